The van der Waals surface area contributed by atoms with Gasteiger partial charge in [-0.3, -0.25) is 39.5 Å². The van der Waals surface area contributed by atoms with E-state index in [-0.39, 0.29) is 28.9 Å². The first-order valence-corrected chi connectivity index (χ1v) is 19.6. The number of imidazole rings is 2. The van der Waals surface area contributed by atoms with E-state index in [1.165, 1.54) is 47.0 Å². The molecule has 0 saturated heterocycles. The second kappa shape index (κ2) is 20.1. The van der Waals surface area contributed by atoms with Crippen molar-refractivity contribution >= 4 is 58.8 Å². The SMILES string of the molecule is CC(=O)NN.CC(=O)NNC(=O)c1c(N)nc2ccc(-c3cccc(F)c3C)cn12.Cc1c(F)cccc1-c1ccc2nc(N(C(=O)OC(C)(C)C)C(=O)OC(C)(C)C)c(C(=O)O)n2c1. The maximum absolute atomic E-state index is 14.1. The predicted molar refractivity (Wildman–Crippen MR) is 236 cm³/mol. The van der Waals surface area contributed by atoms with Crippen molar-refractivity contribution in [2.75, 3.05) is 10.6 Å². The van der Waals surface area contributed by atoms with Gasteiger partial charge in [0, 0.05) is 26.2 Å². The normalized spacial score (nSPS) is 11.0. The van der Waals surface area contributed by atoms with Crippen LogP contribution in [0.25, 0.3) is 33.5 Å². The first-order valence-electron chi connectivity index (χ1n) is 19.6. The number of carbonyl (C=O) groups is 6. The fourth-order valence-electron chi connectivity index (χ4n) is 5.90. The Hall–Kier alpha value is -7.94. The number of aromatic nitrogens is 4. The first-order chi connectivity index (χ1) is 30.2. The van der Waals surface area contributed by atoms with Crippen LogP contribution in [0.4, 0.5) is 30.0 Å². The molecule has 0 unspecified atom stereocenters. The Morgan fingerprint density at radius 2 is 1.11 bits per heavy atom. The van der Waals surface area contributed by atoms with Gasteiger partial charge < -0.3 is 20.3 Å². The van der Waals surface area contributed by atoms with Crippen molar-refractivity contribution in [2.45, 2.75) is 80.4 Å². The largest absolute Gasteiger partial charge is 0.476 e. The number of nitrogens with zero attached hydrogens (tertiary/aromatic N) is 5. The summed E-state index contributed by atoms with van der Waals surface area (Å²) in [5, 5.41) is 10.0. The fourth-order valence-corrected chi connectivity index (χ4v) is 5.90. The lowest BCUT2D eigenvalue weighted by Gasteiger charge is -2.27. The number of carbonyl (C=O) groups excluding carboxylic acids is 5. The van der Waals surface area contributed by atoms with E-state index in [0.29, 0.717) is 43.9 Å². The Bertz CT molecular complexity index is 2780. The molecule has 0 bridgehead atoms. The number of fused-ring (bicyclic) bond motifs is 2. The third kappa shape index (κ3) is 12.4. The smallest absolute Gasteiger partial charge is 0.425 e. The minimum absolute atomic E-state index is 0.0240. The number of nitrogens with two attached hydrogens (primary N) is 2. The quantitative estimate of drug-likeness (QED) is 0.0603. The predicted octanol–water partition coefficient (Wildman–Crippen LogP) is 6.63. The van der Waals surface area contributed by atoms with E-state index in [2.05, 4.69) is 26.7 Å². The lowest BCUT2D eigenvalue weighted by atomic mass is 10.0. The summed E-state index contributed by atoms with van der Waals surface area (Å²) >= 11 is 0. The molecule has 8 N–H and O–H groups in total. The minimum atomic E-state index is -1.45. The van der Waals surface area contributed by atoms with Crippen molar-refractivity contribution in [3.05, 3.63) is 107 Å². The van der Waals surface area contributed by atoms with Crippen LogP contribution >= 0.6 is 0 Å². The number of halogens is 2. The van der Waals surface area contributed by atoms with Crippen molar-refractivity contribution in [3.8, 4) is 22.3 Å². The Balaban J connectivity index is 0.000000269. The van der Waals surface area contributed by atoms with Gasteiger partial charge in [0.1, 0.15) is 34.1 Å². The monoisotopic (exact) mass is 900 g/mol. The number of pyridine rings is 2. The van der Waals surface area contributed by atoms with Gasteiger partial charge in [-0.05, 0) is 125 Å². The van der Waals surface area contributed by atoms with E-state index in [9.17, 15) is 42.7 Å². The number of aromatic carboxylic acids is 1. The number of amides is 5. The maximum atomic E-state index is 14.1. The van der Waals surface area contributed by atoms with Gasteiger partial charge in [-0.15, -0.1) is 0 Å². The van der Waals surface area contributed by atoms with Crippen molar-refractivity contribution in [1.29, 1.82) is 0 Å². The average Bonchev–Trinajstić information content (AvgIpc) is 3.74. The average molecular weight is 901 g/mol. The highest BCUT2D eigenvalue weighted by atomic mass is 19.1. The number of carboxylic acid groups (broad SMARTS) is 1. The number of rotatable bonds is 5. The Labute approximate surface area is 371 Å². The molecule has 4 heterocycles. The molecule has 0 aliphatic carbocycles. The summed E-state index contributed by atoms with van der Waals surface area (Å²) in [6.07, 6.45) is 0.834. The number of anilines is 2. The molecule has 19 nitrogen and oxygen atoms in total. The van der Waals surface area contributed by atoms with Crippen LogP contribution in [-0.2, 0) is 19.1 Å². The second-order valence-electron chi connectivity index (χ2n) is 16.2. The van der Waals surface area contributed by atoms with Crippen LogP contribution in [0.3, 0.4) is 0 Å². The van der Waals surface area contributed by atoms with Crippen LogP contribution in [0.2, 0.25) is 0 Å². The van der Waals surface area contributed by atoms with Gasteiger partial charge in [0.15, 0.2) is 23.0 Å². The summed E-state index contributed by atoms with van der Waals surface area (Å²) in [6.45, 7) is 15.5. The van der Waals surface area contributed by atoms with Crippen LogP contribution in [-0.4, -0.2) is 71.0 Å². The summed E-state index contributed by atoms with van der Waals surface area (Å²) in [6, 6.07) is 16.0. The molecule has 0 spiro atoms. The highest BCUT2D eigenvalue weighted by Gasteiger charge is 2.38. The van der Waals surface area contributed by atoms with E-state index in [4.69, 9.17) is 15.2 Å². The van der Waals surface area contributed by atoms with E-state index in [1.807, 2.05) is 5.43 Å². The van der Waals surface area contributed by atoms with Crippen molar-refractivity contribution < 1.29 is 52.1 Å². The first kappa shape index (κ1) is 49.7. The van der Waals surface area contributed by atoms with Crippen LogP contribution in [0, 0.1) is 25.5 Å². The van der Waals surface area contributed by atoms with Crippen LogP contribution in [0.15, 0.2) is 73.1 Å². The molecule has 6 aromatic rings. The van der Waals surface area contributed by atoms with Gasteiger partial charge in [0.05, 0.1) is 0 Å². The van der Waals surface area contributed by atoms with Gasteiger partial charge in [-0.25, -0.2) is 39.0 Å². The number of hydrogen-bond acceptors (Lipinski definition) is 12. The molecule has 2 aromatic carbocycles. The number of hydrogen-bond donors (Lipinski definition) is 6. The number of hydrazine groups is 2. The van der Waals surface area contributed by atoms with E-state index < -0.39 is 58.5 Å². The Morgan fingerprint density at radius 3 is 1.51 bits per heavy atom. The molecule has 6 rings (SSSR count). The number of nitrogen functional groups attached to an aromatic ring is 1. The number of imide groups is 1. The van der Waals surface area contributed by atoms with Gasteiger partial charge in [0.25, 0.3) is 5.91 Å². The van der Waals surface area contributed by atoms with Crippen molar-refractivity contribution in [2.24, 2.45) is 5.84 Å². The van der Waals surface area contributed by atoms with E-state index in [1.54, 1.807) is 104 Å². The number of carboxylic acids is 1. The number of ether oxygens (including phenoxy) is 2. The van der Waals surface area contributed by atoms with E-state index >= 15 is 0 Å². The van der Waals surface area contributed by atoms with Gasteiger partial charge in [-0.2, -0.15) is 4.90 Å². The topological polar surface area (TPSA) is 267 Å². The third-order valence-electron chi connectivity index (χ3n) is 8.74. The molecule has 0 fully saturated rings. The second-order valence-corrected chi connectivity index (χ2v) is 16.2. The molecule has 5 amide bonds. The zero-order valence-corrected chi connectivity index (χ0v) is 37.3. The summed E-state index contributed by atoms with van der Waals surface area (Å²) < 4.78 is 41.4. The molecule has 0 saturated carbocycles. The van der Waals surface area contributed by atoms with Gasteiger partial charge in [-0.1, -0.05) is 24.3 Å². The molecule has 4 aromatic heterocycles. The Morgan fingerprint density at radius 1 is 0.677 bits per heavy atom. The molecule has 0 atom stereocenters. The summed E-state index contributed by atoms with van der Waals surface area (Å²) in [4.78, 5) is 80.1. The van der Waals surface area contributed by atoms with Gasteiger partial charge in [0.2, 0.25) is 11.8 Å². The lowest BCUT2D eigenvalue weighted by molar-refractivity contribution is -0.120. The minimum Gasteiger partial charge on any atom is -0.476 e. The van der Waals surface area contributed by atoms with Crippen molar-refractivity contribution in [3.63, 3.8) is 0 Å². The lowest BCUT2D eigenvalue weighted by Crippen LogP contribution is -2.44. The summed E-state index contributed by atoms with van der Waals surface area (Å²) in [7, 11) is 0. The molecule has 65 heavy (non-hydrogen) atoms. The zero-order chi connectivity index (χ0) is 48.7. The maximum Gasteiger partial charge on any atom is 0.425 e. The molecular formula is C44H50F2N10O9. The molecular weight excluding hydrogens is 851 g/mol. The van der Waals surface area contributed by atoms with Crippen molar-refractivity contribution in [1.82, 2.24) is 35.0 Å². The number of nitrogens with one attached hydrogen (secondary N) is 3. The van der Waals surface area contributed by atoms with Crippen LogP contribution in [0.1, 0.15) is 87.5 Å². The molecule has 0 radical (unpaired) electrons. The highest BCUT2D eigenvalue weighted by Crippen LogP contribution is 2.31. The summed E-state index contributed by atoms with van der Waals surface area (Å²) in [5.41, 5.74) is 13.8. The molecule has 0 aliphatic heterocycles. The fraction of sp³-hybridized carbons (Fsp3) is 0.273. The van der Waals surface area contributed by atoms with E-state index in [0.717, 1.165) is 0 Å². The standard InChI is InChI=1S/C25H28FN3O6.C17H16FN5O2.C2H6N2O/c1-14-16(9-8-10-17(14)26)15-11-12-18-27-20(19(21(30)31)28(18)13-15)29(22(32)34-24(2,3)4)23(33)35-25(5,6)7;1-9-12(4-3-5-13(9)18)11-6-7-14-20-16(19)15(23(14)8-11)17(25)22-21-10(2)24;1-2(5)4-3/h8-13H,1-7H3,(H,30,31);3-8H,19H2,1-2H3,(H,21,24)(H,22,25);3H2,1H3,(H,4,5). The summed E-state index contributed by atoms with van der Waals surface area (Å²) in [5.74, 6) is 0.722. The van der Waals surface area contributed by atoms with Crippen LogP contribution < -0.4 is 32.8 Å². The number of benzene rings is 2. The highest BCUT2D eigenvalue weighted by molar-refractivity contribution is 6.12. The molecule has 21 heteroatoms. The molecule has 0 aliphatic rings. The van der Waals surface area contributed by atoms with Gasteiger partial charge >= 0.3 is 18.2 Å². The molecule has 344 valence electrons. The Kier molecular flexibility index (Phi) is 15.3. The third-order valence-corrected chi connectivity index (χ3v) is 8.74. The van der Waals surface area contributed by atoms with Crippen LogP contribution in [0.5, 0.6) is 0 Å². The zero-order valence-electron chi connectivity index (χ0n) is 37.3.